The van der Waals surface area contributed by atoms with Gasteiger partial charge in [0, 0.05) is 18.5 Å². The van der Waals surface area contributed by atoms with Crippen molar-refractivity contribution in [2.75, 3.05) is 11.6 Å². The second-order valence-corrected chi connectivity index (χ2v) is 6.65. The van der Waals surface area contributed by atoms with Crippen LogP contribution in [0.15, 0.2) is 23.2 Å². The van der Waals surface area contributed by atoms with Crippen molar-refractivity contribution in [3.05, 3.63) is 18.3 Å². The average molecular weight is 270 g/mol. The highest BCUT2D eigenvalue weighted by molar-refractivity contribution is 7.90. The Bertz CT molecular complexity index is 472. The number of pyridine rings is 1. The number of hydrogen-bond donors (Lipinski definition) is 1. The molecule has 0 bridgehead atoms. The van der Waals surface area contributed by atoms with Gasteiger partial charge in [-0.05, 0) is 25.5 Å². The highest BCUT2D eigenvalue weighted by Gasteiger charge is 2.15. The number of sulfone groups is 1. The van der Waals surface area contributed by atoms with Gasteiger partial charge in [-0.2, -0.15) is 0 Å². The summed E-state index contributed by atoms with van der Waals surface area (Å²) in [5.41, 5.74) is 0. The minimum Gasteiger partial charge on any atom is -0.367 e. The molecule has 1 aromatic rings. The number of hydrogen-bond acceptors (Lipinski definition) is 4. The molecule has 5 heteroatoms. The lowest BCUT2D eigenvalue weighted by Gasteiger charge is -2.16. The normalized spacial score (nSPS) is 13.3. The maximum Gasteiger partial charge on any atom is 0.179 e. The van der Waals surface area contributed by atoms with Crippen molar-refractivity contribution in [2.24, 2.45) is 0 Å². The first-order valence-electron chi connectivity index (χ1n) is 6.36. The first kappa shape index (κ1) is 15.0. The summed E-state index contributed by atoms with van der Waals surface area (Å²) in [6.45, 7) is 4.22. The molecule has 0 amide bonds. The van der Waals surface area contributed by atoms with Crippen LogP contribution >= 0.6 is 0 Å². The van der Waals surface area contributed by atoms with Crippen LogP contribution < -0.4 is 5.32 Å². The predicted molar refractivity (Wildman–Crippen MR) is 74.6 cm³/mol. The monoisotopic (exact) mass is 270 g/mol. The Balaban J connectivity index is 2.73. The van der Waals surface area contributed by atoms with Crippen molar-refractivity contribution in [1.29, 1.82) is 0 Å². The van der Waals surface area contributed by atoms with Gasteiger partial charge in [-0.15, -0.1) is 0 Å². The maximum absolute atomic E-state index is 11.6. The van der Waals surface area contributed by atoms with Gasteiger partial charge in [-0.25, -0.2) is 13.4 Å². The zero-order valence-electron chi connectivity index (χ0n) is 11.3. The second kappa shape index (κ2) is 6.73. The molecule has 0 spiro atoms. The van der Waals surface area contributed by atoms with Gasteiger partial charge in [-0.1, -0.05) is 26.2 Å². The molecule has 102 valence electrons. The van der Waals surface area contributed by atoms with Crippen LogP contribution in [-0.4, -0.2) is 25.7 Å². The lowest BCUT2D eigenvalue weighted by molar-refractivity contribution is 0.599. The van der Waals surface area contributed by atoms with Crippen molar-refractivity contribution in [3.63, 3.8) is 0 Å². The van der Waals surface area contributed by atoms with E-state index < -0.39 is 9.84 Å². The number of aromatic nitrogens is 1. The van der Waals surface area contributed by atoms with E-state index >= 15 is 0 Å². The summed E-state index contributed by atoms with van der Waals surface area (Å²) in [5.74, 6) is 0.462. The van der Waals surface area contributed by atoms with E-state index in [0.29, 0.717) is 5.82 Å². The first-order chi connectivity index (χ1) is 8.45. The molecule has 1 N–H and O–H groups in total. The summed E-state index contributed by atoms with van der Waals surface area (Å²) in [7, 11) is -3.23. The van der Waals surface area contributed by atoms with Crippen molar-refractivity contribution in [3.8, 4) is 0 Å². The Morgan fingerprint density at radius 1 is 1.39 bits per heavy atom. The third kappa shape index (κ3) is 4.64. The van der Waals surface area contributed by atoms with E-state index in [2.05, 4.69) is 24.1 Å². The first-order valence-corrected chi connectivity index (χ1v) is 8.26. The molecule has 0 aliphatic heterocycles. The number of nitrogens with zero attached hydrogens (tertiary/aromatic N) is 1. The van der Waals surface area contributed by atoms with Crippen molar-refractivity contribution >= 4 is 15.7 Å². The number of nitrogens with one attached hydrogen (secondary N) is 1. The summed E-state index contributed by atoms with van der Waals surface area (Å²) in [5, 5.41) is 3.19. The molecule has 1 atom stereocenters. The SMILES string of the molecule is CCCCCC(C)Nc1ncccc1S(C)(=O)=O. The fourth-order valence-corrected chi connectivity index (χ4v) is 2.59. The Labute approximate surface area is 110 Å². The lowest BCUT2D eigenvalue weighted by atomic mass is 10.1. The molecule has 1 unspecified atom stereocenters. The van der Waals surface area contributed by atoms with Crippen LogP contribution in [0, 0.1) is 0 Å². The van der Waals surface area contributed by atoms with E-state index in [4.69, 9.17) is 0 Å². The zero-order chi connectivity index (χ0) is 13.6. The molecular weight excluding hydrogens is 248 g/mol. The minimum atomic E-state index is -3.23. The van der Waals surface area contributed by atoms with Crippen molar-refractivity contribution in [2.45, 2.75) is 50.5 Å². The van der Waals surface area contributed by atoms with E-state index in [1.54, 1.807) is 18.3 Å². The highest BCUT2D eigenvalue weighted by atomic mass is 32.2. The van der Waals surface area contributed by atoms with Gasteiger partial charge in [0.2, 0.25) is 0 Å². The lowest BCUT2D eigenvalue weighted by Crippen LogP contribution is -2.18. The molecule has 4 nitrogen and oxygen atoms in total. The van der Waals surface area contributed by atoms with Crippen molar-refractivity contribution < 1.29 is 8.42 Å². The summed E-state index contributed by atoms with van der Waals surface area (Å²) < 4.78 is 23.2. The number of rotatable bonds is 7. The molecule has 0 radical (unpaired) electrons. The molecule has 0 aliphatic rings. The largest absolute Gasteiger partial charge is 0.367 e. The highest BCUT2D eigenvalue weighted by Crippen LogP contribution is 2.19. The standard InChI is InChI=1S/C13H22N2O2S/c1-4-5-6-8-11(2)15-13-12(18(3,16)17)9-7-10-14-13/h7,9-11H,4-6,8H2,1-3H3,(H,14,15). The van der Waals surface area contributed by atoms with Crippen molar-refractivity contribution in [1.82, 2.24) is 4.98 Å². The van der Waals surface area contributed by atoms with Crippen LogP contribution in [0.25, 0.3) is 0 Å². The minimum absolute atomic E-state index is 0.229. The van der Waals surface area contributed by atoms with E-state index in [9.17, 15) is 8.42 Å². The summed E-state index contributed by atoms with van der Waals surface area (Å²) in [6, 6.07) is 3.46. The van der Waals surface area contributed by atoms with Crippen LogP contribution in [-0.2, 0) is 9.84 Å². The third-order valence-corrected chi connectivity index (χ3v) is 3.92. The van der Waals surface area contributed by atoms with Gasteiger partial charge in [0.05, 0.1) is 0 Å². The molecule has 0 fully saturated rings. The Morgan fingerprint density at radius 3 is 2.72 bits per heavy atom. The summed E-state index contributed by atoms with van der Waals surface area (Å²) in [6.07, 6.45) is 7.37. The Hall–Kier alpha value is -1.10. The third-order valence-electron chi connectivity index (χ3n) is 2.79. The van der Waals surface area contributed by atoms with Crippen LogP contribution in [0.1, 0.15) is 39.5 Å². The van der Waals surface area contributed by atoms with E-state index in [0.717, 1.165) is 12.8 Å². The van der Waals surface area contributed by atoms with Crippen LogP contribution in [0.2, 0.25) is 0 Å². The molecule has 0 saturated carbocycles. The summed E-state index contributed by atoms with van der Waals surface area (Å²) in [4.78, 5) is 4.39. The maximum atomic E-state index is 11.6. The second-order valence-electron chi connectivity index (χ2n) is 4.66. The van der Waals surface area contributed by atoms with Gasteiger partial charge in [0.1, 0.15) is 10.7 Å². The molecular formula is C13H22N2O2S. The van der Waals surface area contributed by atoms with Crippen LogP contribution in [0.4, 0.5) is 5.82 Å². The van der Waals surface area contributed by atoms with Gasteiger partial charge < -0.3 is 5.32 Å². The smallest absolute Gasteiger partial charge is 0.179 e. The topological polar surface area (TPSA) is 59.1 Å². The van der Waals surface area contributed by atoms with E-state index in [-0.39, 0.29) is 10.9 Å². The molecule has 0 aliphatic carbocycles. The number of anilines is 1. The van der Waals surface area contributed by atoms with Gasteiger partial charge in [-0.3, -0.25) is 0 Å². The molecule has 1 rings (SSSR count). The van der Waals surface area contributed by atoms with Gasteiger partial charge in [0.15, 0.2) is 9.84 Å². The molecule has 1 aromatic heterocycles. The fraction of sp³-hybridized carbons (Fsp3) is 0.615. The Morgan fingerprint density at radius 2 is 2.11 bits per heavy atom. The van der Waals surface area contributed by atoms with E-state index in [1.807, 2.05) is 0 Å². The van der Waals surface area contributed by atoms with Crippen LogP contribution in [0.5, 0.6) is 0 Å². The quantitative estimate of drug-likeness (QED) is 0.774. The Kier molecular flexibility index (Phi) is 5.59. The molecule has 0 saturated heterocycles. The average Bonchev–Trinajstić information content (AvgIpc) is 2.28. The predicted octanol–water partition coefficient (Wildman–Crippen LogP) is 2.87. The van der Waals surface area contributed by atoms with Crippen LogP contribution in [0.3, 0.4) is 0 Å². The molecule has 0 aromatic carbocycles. The fourth-order valence-electron chi connectivity index (χ4n) is 1.80. The molecule has 1 heterocycles. The zero-order valence-corrected chi connectivity index (χ0v) is 12.1. The number of unbranched alkanes of at least 4 members (excludes halogenated alkanes) is 2. The summed E-state index contributed by atoms with van der Waals surface area (Å²) >= 11 is 0. The van der Waals surface area contributed by atoms with Gasteiger partial charge >= 0.3 is 0 Å². The van der Waals surface area contributed by atoms with E-state index in [1.165, 1.54) is 19.1 Å². The molecule has 18 heavy (non-hydrogen) atoms. The van der Waals surface area contributed by atoms with Gasteiger partial charge in [0.25, 0.3) is 0 Å².